The van der Waals surface area contributed by atoms with Gasteiger partial charge in [0, 0.05) is 18.3 Å². The maximum atomic E-state index is 13.1. The van der Waals surface area contributed by atoms with Crippen LogP contribution in [0.2, 0.25) is 0 Å². The Morgan fingerprint density at radius 3 is 2.39 bits per heavy atom. The molecule has 160 valence electrons. The summed E-state index contributed by atoms with van der Waals surface area (Å²) < 4.78 is 5.60. The molecule has 1 aromatic rings. The Morgan fingerprint density at radius 2 is 1.86 bits per heavy atom. The molecule has 1 aliphatic rings. The smallest absolute Gasteiger partial charge is 0.286 e. The molecule has 0 unspecified atom stereocenters. The lowest BCUT2D eigenvalue weighted by Gasteiger charge is -2.35. The summed E-state index contributed by atoms with van der Waals surface area (Å²) in [5, 5.41) is 8.34. The minimum absolute atomic E-state index is 0. The predicted octanol–water partition coefficient (Wildman–Crippen LogP) is 3.53. The van der Waals surface area contributed by atoms with E-state index >= 15 is 0 Å². The SMILES string of the molecule is CC(C)[C@@H](C(=O)c1nnc(SCCN(C)C)o1)N(C=O)C1CCCCCC1.Cl. The summed E-state index contributed by atoms with van der Waals surface area (Å²) >= 11 is 1.43. The summed E-state index contributed by atoms with van der Waals surface area (Å²) in [6, 6.07) is -0.455. The largest absolute Gasteiger partial charge is 0.408 e. The fraction of sp³-hybridized carbons (Fsp3) is 0.789. The minimum atomic E-state index is -0.564. The Hall–Kier alpha value is -1.12. The van der Waals surface area contributed by atoms with Gasteiger partial charge in [-0.3, -0.25) is 9.59 Å². The van der Waals surface area contributed by atoms with E-state index < -0.39 is 6.04 Å². The van der Waals surface area contributed by atoms with Gasteiger partial charge in [0.15, 0.2) is 0 Å². The zero-order valence-electron chi connectivity index (χ0n) is 17.3. The Morgan fingerprint density at radius 1 is 1.21 bits per heavy atom. The Kier molecular flexibility index (Phi) is 11.1. The normalized spacial score (nSPS) is 16.5. The number of aromatic nitrogens is 2. The molecule has 0 radical (unpaired) electrons. The number of nitrogens with zero attached hydrogens (tertiary/aromatic N) is 4. The molecule has 0 N–H and O–H groups in total. The molecule has 1 aliphatic carbocycles. The van der Waals surface area contributed by atoms with Crippen molar-refractivity contribution >= 4 is 36.4 Å². The minimum Gasteiger partial charge on any atom is -0.408 e. The van der Waals surface area contributed by atoms with E-state index in [9.17, 15) is 9.59 Å². The number of halogens is 1. The molecule has 0 aromatic carbocycles. The van der Waals surface area contributed by atoms with Crippen LogP contribution < -0.4 is 0 Å². The van der Waals surface area contributed by atoms with Crippen molar-refractivity contribution in [2.24, 2.45) is 5.92 Å². The molecule has 0 saturated heterocycles. The topological polar surface area (TPSA) is 79.5 Å². The first kappa shape index (κ1) is 24.9. The van der Waals surface area contributed by atoms with E-state index in [1.54, 1.807) is 4.90 Å². The summed E-state index contributed by atoms with van der Waals surface area (Å²) in [6.07, 6.45) is 7.32. The van der Waals surface area contributed by atoms with E-state index in [0.29, 0.717) is 5.22 Å². The lowest BCUT2D eigenvalue weighted by Crippen LogP contribution is -2.49. The van der Waals surface area contributed by atoms with Crippen molar-refractivity contribution in [2.75, 3.05) is 26.4 Å². The molecule has 1 aromatic heterocycles. The second-order valence-electron chi connectivity index (χ2n) is 7.78. The van der Waals surface area contributed by atoms with Crippen LogP contribution in [0.1, 0.15) is 63.1 Å². The summed E-state index contributed by atoms with van der Waals surface area (Å²) in [6.45, 7) is 4.79. The third-order valence-corrected chi connectivity index (χ3v) is 5.77. The van der Waals surface area contributed by atoms with Crippen LogP contribution in [0, 0.1) is 5.92 Å². The monoisotopic (exact) mass is 432 g/mol. The first-order chi connectivity index (χ1) is 12.9. The second kappa shape index (κ2) is 12.4. The van der Waals surface area contributed by atoms with E-state index in [1.165, 1.54) is 24.6 Å². The highest BCUT2D eigenvalue weighted by Crippen LogP contribution is 2.27. The standard InChI is InChI=1S/C19H32N4O3S.ClH/c1-14(2)16(23(13-24)15-9-7-5-6-8-10-15)17(25)18-20-21-19(26-18)27-12-11-22(3)4;/h13-16H,5-12H2,1-4H3;1H/t16-;/m0./s1. The number of hydrogen-bond acceptors (Lipinski definition) is 7. The Labute approximate surface area is 178 Å². The molecule has 1 saturated carbocycles. The fourth-order valence-corrected chi connectivity index (χ4v) is 4.39. The molecule has 2 rings (SSSR count). The number of rotatable bonds is 10. The van der Waals surface area contributed by atoms with E-state index in [1.807, 2.05) is 27.9 Å². The van der Waals surface area contributed by atoms with Gasteiger partial charge < -0.3 is 14.2 Å². The van der Waals surface area contributed by atoms with Gasteiger partial charge in [0.25, 0.3) is 11.1 Å². The van der Waals surface area contributed by atoms with E-state index in [4.69, 9.17) is 4.42 Å². The van der Waals surface area contributed by atoms with Crippen LogP contribution in [0.5, 0.6) is 0 Å². The molecule has 1 fully saturated rings. The first-order valence-electron chi connectivity index (χ1n) is 9.82. The van der Waals surface area contributed by atoms with Gasteiger partial charge in [0.1, 0.15) is 6.04 Å². The third-order valence-electron chi connectivity index (χ3n) is 4.97. The molecule has 9 heteroatoms. The molecule has 7 nitrogen and oxygen atoms in total. The quantitative estimate of drug-likeness (QED) is 0.242. The highest BCUT2D eigenvalue weighted by Gasteiger charge is 2.36. The lowest BCUT2D eigenvalue weighted by molar-refractivity contribution is -0.123. The zero-order chi connectivity index (χ0) is 19.8. The number of carbonyl (C=O) groups excluding carboxylic acids is 2. The molecular formula is C19H33ClN4O3S. The van der Waals surface area contributed by atoms with Crippen molar-refractivity contribution in [3.8, 4) is 0 Å². The van der Waals surface area contributed by atoms with E-state index in [-0.39, 0.29) is 36.0 Å². The maximum Gasteiger partial charge on any atom is 0.286 e. The zero-order valence-corrected chi connectivity index (χ0v) is 18.9. The number of thioether (sulfide) groups is 1. The fourth-order valence-electron chi connectivity index (χ4n) is 3.53. The van der Waals surface area contributed by atoms with Crippen LogP contribution in [-0.2, 0) is 4.79 Å². The molecular weight excluding hydrogens is 400 g/mol. The van der Waals surface area contributed by atoms with Gasteiger partial charge in [-0.05, 0) is 32.9 Å². The maximum absolute atomic E-state index is 13.1. The number of hydrogen-bond donors (Lipinski definition) is 0. The molecule has 1 atom stereocenters. The lowest BCUT2D eigenvalue weighted by atomic mass is 9.94. The van der Waals surface area contributed by atoms with Crippen LogP contribution in [0.4, 0.5) is 0 Å². The highest BCUT2D eigenvalue weighted by atomic mass is 35.5. The van der Waals surface area contributed by atoms with Gasteiger partial charge in [0.05, 0.1) is 0 Å². The van der Waals surface area contributed by atoms with Crippen LogP contribution in [0.15, 0.2) is 9.64 Å². The van der Waals surface area contributed by atoms with Crippen molar-refractivity contribution in [1.82, 2.24) is 20.0 Å². The number of amides is 1. The second-order valence-corrected chi connectivity index (χ2v) is 8.82. The van der Waals surface area contributed by atoms with Crippen LogP contribution in [0.3, 0.4) is 0 Å². The summed E-state index contributed by atoms with van der Waals surface area (Å²) in [7, 11) is 4.00. The van der Waals surface area contributed by atoms with Crippen molar-refractivity contribution in [3.05, 3.63) is 5.89 Å². The van der Waals surface area contributed by atoms with Gasteiger partial charge in [0.2, 0.25) is 12.2 Å². The van der Waals surface area contributed by atoms with Gasteiger partial charge in [-0.1, -0.05) is 51.3 Å². The van der Waals surface area contributed by atoms with Crippen LogP contribution in [0.25, 0.3) is 0 Å². The number of ketones is 1. The van der Waals surface area contributed by atoms with Crippen molar-refractivity contribution in [1.29, 1.82) is 0 Å². The van der Waals surface area contributed by atoms with Crippen LogP contribution >= 0.6 is 24.2 Å². The highest BCUT2D eigenvalue weighted by molar-refractivity contribution is 7.99. The molecule has 0 spiro atoms. The van der Waals surface area contributed by atoms with Crippen molar-refractivity contribution < 1.29 is 14.0 Å². The van der Waals surface area contributed by atoms with Gasteiger partial charge in [-0.25, -0.2) is 0 Å². The molecule has 1 heterocycles. The van der Waals surface area contributed by atoms with Gasteiger partial charge >= 0.3 is 0 Å². The van der Waals surface area contributed by atoms with E-state index in [0.717, 1.165) is 44.4 Å². The number of Topliss-reactive ketones (excluding diaryl/α,β-unsaturated/α-hetero) is 1. The summed E-state index contributed by atoms with van der Waals surface area (Å²) in [5.41, 5.74) is 0. The molecule has 0 aliphatic heterocycles. The Bertz CT molecular complexity index is 604. The summed E-state index contributed by atoms with van der Waals surface area (Å²) in [4.78, 5) is 28.8. The average molecular weight is 433 g/mol. The van der Waals surface area contributed by atoms with Crippen molar-refractivity contribution in [3.63, 3.8) is 0 Å². The third kappa shape index (κ3) is 7.04. The van der Waals surface area contributed by atoms with E-state index in [2.05, 4.69) is 15.1 Å². The summed E-state index contributed by atoms with van der Waals surface area (Å²) in [5.74, 6) is 0.524. The average Bonchev–Trinajstić information content (AvgIpc) is 2.92. The van der Waals surface area contributed by atoms with Gasteiger partial charge in [-0.15, -0.1) is 22.6 Å². The molecule has 28 heavy (non-hydrogen) atoms. The van der Waals surface area contributed by atoms with Crippen molar-refractivity contribution in [2.45, 2.75) is 69.7 Å². The predicted molar refractivity (Wildman–Crippen MR) is 113 cm³/mol. The van der Waals surface area contributed by atoms with Gasteiger partial charge in [-0.2, -0.15) is 0 Å². The van der Waals surface area contributed by atoms with Crippen LogP contribution in [-0.4, -0.2) is 70.7 Å². The molecule has 1 amide bonds. The number of carbonyl (C=O) groups is 2. The molecule has 0 bridgehead atoms. The first-order valence-corrected chi connectivity index (χ1v) is 10.8. The Balaban J connectivity index is 0.00000392.